The van der Waals surface area contributed by atoms with Crippen LogP contribution < -0.4 is 5.63 Å². The predicted molar refractivity (Wildman–Crippen MR) is 44.3 cm³/mol. The number of benzene rings is 1. The maximum atomic E-state index is 10.6. The number of carboxylic acid groups (broad SMARTS) is 1. The minimum atomic E-state index is -3.36. The molecule has 0 radical (unpaired) electrons. The summed E-state index contributed by atoms with van der Waals surface area (Å²) in [6.07, 6.45) is 0. The summed E-state index contributed by atoms with van der Waals surface area (Å²) in [6.45, 7) is 0. The van der Waals surface area contributed by atoms with E-state index < -0.39 is 29.0 Å². The van der Waals surface area contributed by atoms with E-state index in [0.29, 0.717) is 0 Å². The number of fused-ring (bicyclic) bond motifs is 1. The third-order valence-electron chi connectivity index (χ3n) is 1.63. The van der Waals surface area contributed by atoms with Crippen molar-refractivity contribution in [3.05, 3.63) is 17.7 Å². The van der Waals surface area contributed by atoms with Gasteiger partial charge in [0.05, 0.1) is 0 Å². The first kappa shape index (κ1) is 9.49. The number of aromatic carboxylic acids is 1. The van der Waals surface area contributed by atoms with Crippen LogP contribution in [0, 0.1) is 0 Å². The van der Waals surface area contributed by atoms with Gasteiger partial charge in [0.2, 0.25) is 0 Å². The second-order valence-electron chi connectivity index (χ2n) is 2.55. The SMILES string of the molecule is O=C(O)c1cc(O)c2c(c1)[O][Bi]([OH])[O]2. The summed E-state index contributed by atoms with van der Waals surface area (Å²) < 4.78 is 18.9. The zero-order valence-corrected chi connectivity index (χ0v) is 10.1. The van der Waals surface area contributed by atoms with Gasteiger partial charge in [-0.15, -0.1) is 0 Å². The second kappa shape index (κ2) is 3.26. The molecule has 0 aliphatic carbocycles. The molecule has 0 fully saturated rings. The molecule has 1 aliphatic heterocycles. The van der Waals surface area contributed by atoms with Crippen molar-refractivity contribution in [3.8, 4) is 17.2 Å². The van der Waals surface area contributed by atoms with E-state index in [-0.39, 0.29) is 22.8 Å². The van der Waals surface area contributed by atoms with Crippen LogP contribution in [0.1, 0.15) is 10.4 Å². The number of hydrogen-bond acceptors (Lipinski definition) is 5. The summed E-state index contributed by atoms with van der Waals surface area (Å²) in [4.78, 5) is 10.6. The molecular weight excluding hydrogens is 389 g/mol. The number of phenols is 1. The Hall–Kier alpha value is -1.07. The van der Waals surface area contributed by atoms with Gasteiger partial charge in [0, 0.05) is 0 Å². The number of carboxylic acids is 1. The molecule has 6 nitrogen and oxygen atoms in total. The van der Waals surface area contributed by atoms with E-state index in [9.17, 15) is 9.90 Å². The van der Waals surface area contributed by atoms with Crippen molar-refractivity contribution in [2.24, 2.45) is 0 Å². The Bertz CT molecular complexity index is 403. The summed E-state index contributed by atoms with van der Waals surface area (Å²) >= 11 is -3.36. The first-order chi connectivity index (χ1) is 6.58. The first-order valence-corrected chi connectivity index (χ1v) is 7.92. The molecule has 2 rings (SSSR count). The Morgan fingerprint density at radius 2 is 2.07 bits per heavy atom. The third-order valence-corrected chi connectivity index (χ3v) is 4.32. The number of phenolic OH excluding ortho intramolecular Hbond substituents is 1. The van der Waals surface area contributed by atoms with Crippen LogP contribution in [-0.4, -0.2) is 42.4 Å². The van der Waals surface area contributed by atoms with Crippen molar-refractivity contribution in [3.63, 3.8) is 0 Å². The van der Waals surface area contributed by atoms with Gasteiger partial charge in [-0.05, 0) is 0 Å². The van der Waals surface area contributed by atoms with Crippen LogP contribution >= 0.6 is 0 Å². The van der Waals surface area contributed by atoms with Crippen molar-refractivity contribution in [2.45, 2.75) is 0 Å². The molecule has 1 heterocycles. The van der Waals surface area contributed by atoms with Crippen molar-refractivity contribution >= 4 is 29.0 Å². The van der Waals surface area contributed by atoms with E-state index in [1.54, 1.807) is 0 Å². The normalized spacial score (nSPS) is 14.4. The predicted octanol–water partition coefficient (Wildman–Crippen LogP) is -0.161. The summed E-state index contributed by atoms with van der Waals surface area (Å²) in [6, 6.07) is 2.26. The average molecular weight is 394 g/mol. The number of rotatable bonds is 1. The van der Waals surface area contributed by atoms with Gasteiger partial charge in [-0.1, -0.05) is 0 Å². The molecule has 1 aromatic carbocycles. The molecular formula is C7H5BiO6. The molecule has 0 saturated carbocycles. The van der Waals surface area contributed by atoms with E-state index >= 15 is 0 Å². The molecule has 0 atom stereocenters. The fourth-order valence-electron chi connectivity index (χ4n) is 1.05. The molecule has 0 bridgehead atoms. The number of carbonyl (C=O) groups is 1. The van der Waals surface area contributed by atoms with Crippen LogP contribution in [0.2, 0.25) is 0 Å². The van der Waals surface area contributed by atoms with Crippen LogP contribution in [-0.2, 0) is 0 Å². The van der Waals surface area contributed by atoms with E-state index in [4.69, 9.17) is 13.9 Å². The average Bonchev–Trinajstić information content (AvgIpc) is 2.45. The molecule has 14 heavy (non-hydrogen) atoms. The van der Waals surface area contributed by atoms with Gasteiger partial charge in [0.25, 0.3) is 0 Å². The maximum absolute atomic E-state index is 10.6. The van der Waals surface area contributed by atoms with Crippen LogP contribution in [0.5, 0.6) is 17.2 Å². The van der Waals surface area contributed by atoms with E-state index in [1.165, 1.54) is 6.07 Å². The summed E-state index contributed by atoms with van der Waals surface area (Å²) in [7, 11) is 0. The van der Waals surface area contributed by atoms with E-state index in [2.05, 4.69) is 0 Å². The molecule has 3 N–H and O–H groups in total. The second-order valence-corrected chi connectivity index (χ2v) is 5.82. The Balaban J connectivity index is 2.51. The molecule has 1 aliphatic rings. The zero-order valence-electron chi connectivity index (χ0n) is 6.67. The van der Waals surface area contributed by atoms with Crippen LogP contribution in [0.3, 0.4) is 0 Å². The molecule has 1 aromatic rings. The van der Waals surface area contributed by atoms with Gasteiger partial charge < -0.3 is 0 Å². The molecule has 0 spiro atoms. The summed E-state index contributed by atoms with van der Waals surface area (Å²) in [5, 5.41) is 18.0. The van der Waals surface area contributed by atoms with Crippen molar-refractivity contribution in [2.75, 3.05) is 0 Å². The molecule has 0 amide bonds. The zero-order chi connectivity index (χ0) is 10.3. The summed E-state index contributed by atoms with van der Waals surface area (Å²) in [5.41, 5.74) is -0.107. The Kier molecular flexibility index (Phi) is 2.21. The van der Waals surface area contributed by atoms with E-state index in [1.807, 2.05) is 0 Å². The van der Waals surface area contributed by atoms with E-state index in [0.717, 1.165) is 6.07 Å². The Morgan fingerprint density at radius 3 is 2.71 bits per heavy atom. The fourth-order valence-corrected chi connectivity index (χ4v) is 3.70. The third kappa shape index (κ3) is 1.49. The minimum absolute atomic E-state index is 0.0373. The number of hydrogen-bond donors (Lipinski definition) is 3. The number of aromatic hydroxyl groups is 1. The van der Waals surface area contributed by atoms with Crippen molar-refractivity contribution in [1.29, 1.82) is 0 Å². The van der Waals surface area contributed by atoms with Crippen molar-refractivity contribution in [1.82, 2.24) is 0 Å². The van der Waals surface area contributed by atoms with Gasteiger partial charge in [0.15, 0.2) is 0 Å². The van der Waals surface area contributed by atoms with Crippen molar-refractivity contribution < 1.29 is 23.8 Å². The topological polar surface area (TPSA) is 96.2 Å². The Morgan fingerprint density at radius 1 is 1.36 bits per heavy atom. The fraction of sp³-hybridized carbons (Fsp3) is 0. The summed E-state index contributed by atoms with van der Waals surface area (Å²) in [5.74, 6) is -1.37. The Labute approximate surface area is 87.9 Å². The first-order valence-electron chi connectivity index (χ1n) is 3.53. The molecule has 74 valence electrons. The monoisotopic (exact) mass is 394 g/mol. The van der Waals surface area contributed by atoms with Gasteiger partial charge in [-0.3, -0.25) is 0 Å². The molecule has 7 heteroatoms. The molecule has 0 unspecified atom stereocenters. The van der Waals surface area contributed by atoms with Gasteiger partial charge in [-0.2, -0.15) is 0 Å². The van der Waals surface area contributed by atoms with Gasteiger partial charge in [-0.25, -0.2) is 0 Å². The van der Waals surface area contributed by atoms with Crippen LogP contribution in [0.4, 0.5) is 0 Å². The molecule has 0 aromatic heterocycles. The van der Waals surface area contributed by atoms with Gasteiger partial charge >= 0.3 is 87.8 Å². The standard InChI is InChI=1S/C7H6O5.Bi.H2O/c8-4-1-3(7(11)12)2-5(9)6(4)10;;/h1-2,8-10H,(H,11,12);;1H2/q;+3;/p-3. The van der Waals surface area contributed by atoms with Crippen LogP contribution in [0.15, 0.2) is 12.1 Å². The van der Waals surface area contributed by atoms with Gasteiger partial charge in [0.1, 0.15) is 0 Å². The quantitative estimate of drug-likeness (QED) is 0.573. The molecule has 0 saturated heterocycles. The van der Waals surface area contributed by atoms with Crippen LogP contribution in [0.25, 0.3) is 0 Å².